The number of hydrogen-bond donors (Lipinski definition) is 2. The normalized spacial score (nSPS) is 23.9. The van der Waals surface area contributed by atoms with E-state index in [2.05, 4.69) is 5.32 Å². The average Bonchev–Trinajstić information content (AvgIpc) is 2.87. The Morgan fingerprint density at radius 2 is 2.26 bits per heavy atom. The fourth-order valence-electron chi connectivity index (χ4n) is 2.20. The summed E-state index contributed by atoms with van der Waals surface area (Å²) in [5, 5.41) is 2.93. The molecule has 0 aromatic heterocycles. The van der Waals surface area contributed by atoms with Crippen molar-refractivity contribution in [2.24, 2.45) is 5.73 Å². The highest BCUT2D eigenvalue weighted by atomic mass is 16.5. The van der Waals surface area contributed by atoms with Gasteiger partial charge in [0.2, 0.25) is 5.91 Å². The molecule has 1 unspecified atom stereocenters. The molecule has 19 heavy (non-hydrogen) atoms. The Balaban J connectivity index is 2.08. The molecule has 1 aliphatic rings. The van der Waals surface area contributed by atoms with Crippen LogP contribution in [0.3, 0.4) is 0 Å². The quantitative estimate of drug-likeness (QED) is 0.850. The second-order valence-electron chi connectivity index (χ2n) is 4.90. The van der Waals surface area contributed by atoms with Crippen molar-refractivity contribution in [3.8, 4) is 5.75 Å². The van der Waals surface area contributed by atoms with Gasteiger partial charge in [-0.05, 0) is 19.4 Å². The van der Waals surface area contributed by atoms with Gasteiger partial charge >= 0.3 is 0 Å². The number of ether oxygens (including phenoxy) is 2. The standard InChI is InChI=1S/C14H20N2O3/c1-10(11-5-3-4-6-12(11)18-2)16-13(17)14(15)7-8-19-9-14/h3-6,10H,7-9,15H2,1-2H3,(H,16,17)/t10-,14?/m0/s1. The maximum atomic E-state index is 12.2. The monoisotopic (exact) mass is 264 g/mol. The van der Waals surface area contributed by atoms with Crippen molar-refractivity contribution in [3.63, 3.8) is 0 Å². The summed E-state index contributed by atoms with van der Waals surface area (Å²) in [7, 11) is 1.61. The number of para-hydroxylation sites is 1. The predicted molar refractivity (Wildman–Crippen MR) is 71.9 cm³/mol. The number of nitrogens with one attached hydrogen (secondary N) is 1. The van der Waals surface area contributed by atoms with E-state index in [9.17, 15) is 4.79 Å². The number of methoxy groups -OCH3 is 1. The maximum absolute atomic E-state index is 12.2. The molecule has 5 heteroatoms. The summed E-state index contributed by atoms with van der Waals surface area (Å²) in [5.74, 6) is 0.576. The number of benzene rings is 1. The predicted octanol–water partition coefficient (Wildman–Crippen LogP) is 0.990. The van der Waals surface area contributed by atoms with E-state index in [4.69, 9.17) is 15.2 Å². The number of carbonyl (C=O) groups is 1. The molecular weight excluding hydrogens is 244 g/mol. The summed E-state index contributed by atoms with van der Waals surface area (Å²) in [6.45, 7) is 2.72. The Morgan fingerprint density at radius 3 is 2.89 bits per heavy atom. The minimum Gasteiger partial charge on any atom is -0.496 e. The van der Waals surface area contributed by atoms with Crippen molar-refractivity contribution in [2.45, 2.75) is 24.9 Å². The Bertz CT molecular complexity index is 456. The van der Waals surface area contributed by atoms with Crippen LogP contribution in [0, 0.1) is 0 Å². The molecule has 1 aromatic carbocycles. The SMILES string of the molecule is COc1ccccc1[C@H](C)NC(=O)C1(N)CCOC1. The van der Waals surface area contributed by atoms with Gasteiger partial charge in [-0.15, -0.1) is 0 Å². The van der Waals surface area contributed by atoms with E-state index in [1.54, 1.807) is 7.11 Å². The van der Waals surface area contributed by atoms with E-state index in [0.717, 1.165) is 11.3 Å². The summed E-state index contributed by atoms with van der Waals surface area (Å²) >= 11 is 0. The van der Waals surface area contributed by atoms with E-state index in [1.807, 2.05) is 31.2 Å². The molecule has 0 radical (unpaired) electrons. The lowest BCUT2D eigenvalue weighted by atomic mass is 9.98. The third-order valence-electron chi connectivity index (χ3n) is 3.46. The van der Waals surface area contributed by atoms with Gasteiger partial charge in [0.15, 0.2) is 0 Å². The van der Waals surface area contributed by atoms with Crippen LogP contribution >= 0.6 is 0 Å². The second-order valence-corrected chi connectivity index (χ2v) is 4.90. The lowest BCUT2D eigenvalue weighted by Crippen LogP contribution is -2.54. The van der Waals surface area contributed by atoms with E-state index in [0.29, 0.717) is 13.0 Å². The van der Waals surface area contributed by atoms with E-state index < -0.39 is 5.54 Å². The van der Waals surface area contributed by atoms with Crippen LogP contribution in [0.15, 0.2) is 24.3 Å². The first-order valence-corrected chi connectivity index (χ1v) is 6.37. The summed E-state index contributed by atoms with van der Waals surface area (Å²) in [6.07, 6.45) is 0.553. The Hall–Kier alpha value is -1.59. The molecule has 2 rings (SSSR count). The van der Waals surface area contributed by atoms with Crippen molar-refractivity contribution in [1.29, 1.82) is 0 Å². The van der Waals surface area contributed by atoms with E-state index in [-0.39, 0.29) is 18.6 Å². The van der Waals surface area contributed by atoms with Crippen molar-refractivity contribution in [2.75, 3.05) is 20.3 Å². The van der Waals surface area contributed by atoms with Gasteiger partial charge in [0.1, 0.15) is 11.3 Å². The van der Waals surface area contributed by atoms with Crippen molar-refractivity contribution in [1.82, 2.24) is 5.32 Å². The van der Waals surface area contributed by atoms with Crippen LogP contribution < -0.4 is 15.8 Å². The molecule has 0 saturated carbocycles. The van der Waals surface area contributed by atoms with Crippen LogP contribution in [0.1, 0.15) is 24.9 Å². The third kappa shape index (κ3) is 2.88. The molecule has 104 valence electrons. The molecule has 0 spiro atoms. The van der Waals surface area contributed by atoms with Gasteiger partial charge in [-0.25, -0.2) is 0 Å². The Morgan fingerprint density at radius 1 is 1.53 bits per heavy atom. The number of rotatable bonds is 4. The molecule has 1 saturated heterocycles. The fourth-order valence-corrected chi connectivity index (χ4v) is 2.20. The highest BCUT2D eigenvalue weighted by Gasteiger charge is 2.38. The van der Waals surface area contributed by atoms with Gasteiger partial charge < -0.3 is 20.5 Å². The van der Waals surface area contributed by atoms with Gasteiger partial charge in [0.05, 0.1) is 19.8 Å². The molecule has 5 nitrogen and oxygen atoms in total. The van der Waals surface area contributed by atoms with Crippen LogP contribution in [-0.2, 0) is 9.53 Å². The molecule has 2 atom stereocenters. The highest BCUT2D eigenvalue weighted by molar-refractivity contribution is 5.87. The van der Waals surface area contributed by atoms with Gasteiger partial charge in [0, 0.05) is 12.2 Å². The lowest BCUT2D eigenvalue weighted by Gasteiger charge is -2.24. The van der Waals surface area contributed by atoms with Crippen LogP contribution in [-0.4, -0.2) is 31.8 Å². The average molecular weight is 264 g/mol. The molecule has 0 aliphatic carbocycles. The van der Waals surface area contributed by atoms with Crippen LogP contribution in [0.25, 0.3) is 0 Å². The molecule has 1 aromatic rings. The number of nitrogens with two attached hydrogens (primary N) is 1. The van der Waals surface area contributed by atoms with Gasteiger partial charge in [-0.2, -0.15) is 0 Å². The minimum atomic E-state index is -0.906. The molecule has 3 N–H and O–H groups in total. The lowest BCUT2D eigenvalue weighted by molar-refractivity contribution is -0.127. The van der Waals surface area contributed by atoms with E-state index in [1.165, 1.54) is 0 Å². The first kappa shape index (κ1) is 13.8. The van der Waals surface area contributed by atoms with Crippen LogP contribution in [0.4, 0.5) is 0 Å². The van der Waals surface area contributed by atoms with Gasteiger partial charge in [-0.1, -0.05) is 18.2 Å². The first-order chi connectivity index (χ1) is 9.07. The highest BCUT2D eigenvalue weighted by Crippen LogP contribution is 2.25. The van der Waals surface area contributed by atoms with Gasteiger partial charge in [-0.3, -0.25) is 4.79 Å². The summed E-state index contributed by atoms with van der Waals surface area (Å²) in [4.78, 5) is 12.2. The zero-order chi connectivity index (χ0) is 13.9. The number of carbonyl (C=O) groups excluding carboxylic acids is 1. The third-order valence-corrected chi connectivity index (χ3v) is 3.46. The zero-order valence-electron chi connectivity index (χ0n) is 11.3. The molecule has 1 heterocycles. The molecule has 1 aliphatic heterocycles. The van der Waals surface area contributed by atoms with Crippen molar-refractivity contribution < 1.29 is 14.3 Å². The zero-order valence-corrected chi connectivity index (χ0v) is 11.3. The molecule has 1 fully saturated rings. The first-order valence-electron chi connectivity index (χ1n) is 6.37. The maximum Gasteiger partial charge on any atom is 0.243 e. The minimum absolute atomic E-state index is 0.162. The Kier molecular flexibility index (Phi) is 4.07. The summed E-state index contributed by atoms with van der Waals surface area (Å²) in [6, 6.07) is 7.45. The van der Waals surface area contributed by atoms with Gasteiger partial charge in [0.25, 0.3) is 0 Å². The smallest absolute Gasteiger partial charge is 0.243 e. The topological polar surface area (TPSA) is 73.6 Å². The number of hydrogen-bond acceptors (Lipinski definition) is 4. The second kappa shape index (κ2) is 5.59. The van der Waals surface area contributed by atoms with Crippen LogP contribution in [0.5, 0.6) is 5.75 Å². The number of amides is 1. The summed E-state index contributed by atoms with van der Waals surface area (Å²) in [5.41, 5.74) is 6.06. The molecular formula is C14H20N2O3. The fraction of sp³-hybridized carbons (Fsp3) is 0.500. The largest absolute Gasteiger partial charge is 0.496 e. The van der Waals surface area contributed by atoms with Crippen LogP contribution in [0.2, 0.25) is 0 Å². The summed E-state index contributed by atoms with van der Waals surface area (Å²) < 4.78 is 10.5. The Labute approximate surface area is 113 Å². The van der Waals surface area contributed by atoms with E-state index >= 15 is 0 Å². The van der Waals surface area contributed by atoms with Crippen molar-refractivity contribution in [3.05, 3.63) is 29.8 Å². The van der Waals surface area contributed by atoms with Crippen molar-refractivity contribution >= 4 is 5.91 Å². The molecule has 0 bridgehead atoms. The molecule has 1 amide bonds.